The van der Waals surface area contributed by atoms with E-state index in [-0.39, 0.29) is 0 Å². The third-order valence-electron chi connectivity index (χ3n) is 3.91. The summed E-state index contributed by atoms with van der Waals surface area (Å²) >= 11 is 0. The van der Waals surface area contributed by atoms with Gasteiger partial charge in [-0.15, -0.1) is 0 Å². The minimum atomic E-state index is 0.595. The Morgan fingerprint density at radius 3 is 2.29 bits per heavy atom. The van der Waals surface area contributed by atoms with Gasteiger partial charge in [-0.3, -0.25) is 0 Å². The molecule has 2 nitrogen and oxygen atoms in total. The van der Waals surface area contributed by atoms with Crippen molar-refractivity contribution < 1.29 is 0 Å². The van der Waals surface area contributed by atoms with Gasteiger partial charge >= 0.3 is 0 Å². The van der Waals surface area contributed by atoms with Crippen LogP contribution in [0.25, 0.3) is 0 Å². The van der Waals surface area contributed by atoms with Gasteiger partial charge in [0.15, 0.2) is 0 Å². The summed E-state index contributed by atoms with van der Waals surface area (Å²) in [4.78, 5) is 2.65. The van der Waals surface area contributed by atoms with Crippen LogP contribution in [0.2, 0.25) is 0 Å². The second-order valence-corrected chi connectivity index (χ2v) is 6.68. The SMILES string of the molecule is CC(C)NCCCCCN1CCC(C)(C)CC1. The van der Waals surface area contributed by atoms with Gasteiger partial charge in [0.2, 0.25) is 0 Å². The van der Waals surface area contributed by atoms with Crippen LogP contribution in [0, 0.1) is 5.41 Å². The quantitative estimate of drug-likeness (QED) is 0.687. The average Bonchev–Trinajstić information content (AvgIpc) is 2.25. The van der Waals surface area contributed by atoms with E-state index in [0.717, 1.165) is 0 Å². The summed E-state index contributed by atoms with van der Waals surface area (Å²) in [5.41, 5.74) is 0.595. The van der Waals surface area contributed by atoms with Crippen LogP contribution in [-0.2, 0) is 0 Å². The predicted molar refractivity (Wildman–Crippen MR) is 76.4 cm³/mol. The van der Waals surface area contributed by atoms with Gasteiger partial charge in [-0.05, 0) is 57.3 Å². The molecule has 0 aliphatic carbocycles. The lowest BCUT2D eigenvalue weighted by Crippen LogP contribution is -2.37. The first-order chi connectivity index (χ1) is 7.99. The van der Waals surface area contributed by atoms with Crippen LogP contribution >= 0.6 is 0 Å². The zero-order valence-electron chi connectivity index (χ0n) is 12.4. The number of hydrogen-bond acceptors (Lipinski definition) is 2. The summed E-state index contributed by atoms with van der Waals surface area (Å²) in [7, 11) is 0. The molecule has 1 rings (SSSR count). The smallest absolute Gasteiger partial charge is 0.00103 e. The van der Waals surface area contributed by atoms with Crippen molar-refractivity contribution in [2.75, 3.05) is 26.2 Å². The van der Waals surface area contributed by atoms with Crippen LogP contribution in [0.15, 0.2) is 0 Å². The molecule has 0 amide bonds. The van der Waals surface area contributed by atoms with Crippen LogP contribution in [0.3, 0.4) is 0 Å². The normalized spacial score (nSPS) is 21.0. The highest BCUT2D eigenvalue weighted by atomic mass is 15.1. The van der Waals surface area contributed by atoms with Crippen molar-refractivity contribution in [2.24, 2.45) is 5.41 Å². The van der Waals surface area contributed by atoms with Gasteiger partial charge in [-0.1, -0.05) is 34.1 Å². The molecule has 0 aromatic carbocycles. The van der Waals surface area contributed by atoms with Gasteiger partial charge in [0.1, 0.15) is 0 Å². The lowest BCUT2D eigenvalue weighted by molar-refractivity contribution is 0.131. The first kappa shape index (κ1) is 15.0. The molecule has 1 fully saturated rings. The molecule has 0 aromatic heterocycles. The molecule has 1 aliphatic rings. The second-order valence-electron chi connectivity index (χ2n) is 6.68. The van der Waals surface area contributed by atoms with Crippen LogP contribution in [0.5, 0.6) is 0 Å². The standard InChI is InChI=1S/C15H32N2/c1-14(2)16-10-6-5-7-11-17-12-8-15(3,4)9-13-17/h14,16H,5-13H2,1-4H3. The van der Waals surface area contributed by atoms with Crippen LogP contribution < -0.4 is 5.32 Å². The van der Waals surface area contributed by atoms with Crippen LogP contribution in [-0.4, -0.2) is 37.1 Å². The zero-order valence-corrected chi connectivity index (χ0v) is 12.4. The summed E-state index contributed by atoms with van der Waals surface area (Å²) < 4.78 is 0. The molecule has 0 radical (unpaired) electrons. The summed E-state index contributed by atoms with van der Waals surface area (Å²) in [6, 6.07) is 0.638. The Kier molecular flexibility index (Phi) is 6.50. The van der Waals surface area contributed by atoms with E-state index in [4.69, 9.17) is 0 Å². The first-order valence-corrected chi connectivity index (χ1v) is 7.45. The van der Waals surface area contributed by atoms with Gasteiger partial charge in [0, 0.05) is 6.04 Å². The number of likely N-dealkylation sites (tertiary alicyclic amines) is 1. The van der Waals surface area contributed by atoms with E-state index >= 15 is 0 Å². The summed E-state index contributed by atoms with van der Waals surface area (Å²) in [5.74, 6) is 0. The first-order valence-electron chi connectivity index (χ1n) is 7.45. The van der Waals surface area contributed by atoms with Crippen molar-refractivity contribution in [1.29, 1.82) is 0 Å². The van der Waals surface area contributed by atoms with Crippen molar-refractivity contribution in [3.05, 3.63) is 0 Å². The molecule has 1 heterocycles. The molecule has 102 valence electrons. The Balaban J connectivity index is 1.94. The monoisotopic (exact) mass is 240 g/mol. The lowest BCUT2D eigenvalue weighted by Gasteiger charge is -2.36. The fourth-order valence-corrected chi connectivity index (χ4v) is 2.41. The maximum absolute atomic E-state index is 3.48. The Hall–Kier alpha value is -0.0800. The Morgan fingerprint density at radius 2 is 1.71 bits per heavy atom. The molecule has 0 unspecified atom stereocenters. The Morgan fingerprint density at radius 1 is 1.06 bits per heavy atom. The highest BCUT2D eigenvalue weighted by Crippen LogP contribution is 2.29. The van der Waals surface area contributed by atoms with Gasteiger partial charge in [-0.2, -0.15) is 0 Å². The molecule has 0 atom stereocenters. The molecule has 2 heteroatoms. The number of hydrogen-bond donors (Lipinski definition) is 1. The summed E-state index contributed by atoms with van der Waals surface area (Å²) in [6.45, 7) is 14.4. The molecular formula is C15H32N2. The maximum atomic E-state index is 3.48. The van der Waals surface area contributed by atoms with Gasteiger partial charge < -0.3 is 10.2 Å². The fourth-order valence-electron chi connectivity index (χ4n) is 2.41. The Labute approximate surface area is 108 Å². The fraction of sp³-hybridized carbons (Fsp3) is 1.00. The van der Waals surface area contributed by atoms with E-state index in [9.17, 15) is 0 Å². The topological polar surface area (TPSA) is 15.3 Å². The van der Waals surface area contributed by atoms with E-state index in [1.807, 2.05) is 0 Å². The van der Waals surface area contributed by atoms with Gasteiger partial charge in [0.25, 0.3) is 0 Å². The molecule has 0 spiro atoms. The molecule has 0 aromatic rings. The number of unbranched alkanes of at least 4 members (excludes halogenated alkanes) is 2. The number of nitrogens with one attached hydrogen (secondary N) is 1. The Bertz CT molecular complexity index is 189. The molecule has 1 aliphatic heterocycles. The highest BCUT2D eigenvalue weighted by Gasteiger charge is 2.24. The molecule has 0 bridgehead atoms. The molecule has 1 saturated heterocycles. The number of nitrogens with zero attached hydrogens (tertiary/aromatic N) is 1. The highest BCUT2D eigenvalue weighted by molar-refractivity contribution is 4.78. The minimum absolute atomic E-state index is 0.595. The van der Waals surface area contributed by atoms with E-state index in [1.54, 1.807) is 0 Å². The second kappa shape index (κ2) is 7.38. The third kappa shape index (κ3) is 7.05. The van der Waals surface area contributed by atoms with E-state index in [2.05, 4.69) is 37.9 Å². The van der Waals surface area contributed by atoms with Crippen LogP contribution in [0.4, 0.5) is 0 Å². The van der Waals surface area contributed by atoms with Crippen molar-refractivity contribution in [3.8, 4) is 0 Å². The lowest BCUT2D eigenvalue weighted by atomic mass is 9.82. The molecular weight excluding hydrogens is 208 g/mol. The van der Waals surface area contributed by atoms with Crippen molar-refractivity contribution in [2.45, 2.75) is 65.8 Å². The number of rotatable bonds is 7. The van der Waals surface area contributed by atoms with Gasteiger partial charge in [-0.25, -0.2) is 0 Å². The largest absolute Gasteiger partial charge is 0.315 e. The summed E-state index contributed by atoms with van der Waals surface area (Å²) in [6.07, 6.45) is 6.83. The number of piperidine rings is 1. The van der Waals surface area contributed by atoms with Gasteiger partial charge in [0.05, 0.1) is 0 Å². The van der Waals surface area contributed by atoms with E-state index in [1.165, 1.54) is 58.3 Å². The van der Waals surface area contributed by atoms with E-state index < -0.39 is 0 Å². The van der Waals surface area contributed by atoms with Crippen LogP contribution in [0.1, 0.15) is 59.8 Å². The molecule has 17 heavy (non-hydrogen) atoms. The molecule has 1 N–H and O–H groups in total. The minimum Gasteiger partial charge on any atom is -0.315 e. The summed E-state index contributed by atoms with van der Waals surface area (Å²) in [5, 5.41) is 3.48. The molecule has 0 saturated carbocycles. The average molecular weight is 240 g/mol. The van der Waals surface area contributed by atoms with Crippen molar-refractivity contribution >= 4 is 0 Å². The maximum Gasteiger partial charge on any atom is 0.00103 e. The van der Waals surface area contributed by atoms with Crippen molar-refractivity contribution in [1.82, 2.24) is 10.2 Å². The zero-order chi connectivity index (χ0) is 12.7. The van der Waals surface area contributed by atoms with E-state index in [0.29, 0.717) is 11.5 Å². The third-order valence-corrected chi connectivity index (χ3v) is 3.91. The van der Waals surface area contributed by atoms with Crippen molar-refractivity contribution in [3.63, 3.8) is 0 Å². The predicted octanol–water partition coefficient (Wildman–Crippen LogP) is 3.28.